The van der Waals surface area contributed by atoms with Gasteiger partial charge >= 0.3 is 0 Å². The Kier molecular flexibility index (Phi) is 4.92. The summed E-state index contributed by atoms with van der Waals surface area (Å²) in [4.78, 5) is 6.57. The van der Waals surface area contributed by atoms with Gasteiger partial charge in [-0.15, -0.1) is 0 Å². The molecule has 5 nitrogen and oxygen atoms in total. The molecule has 0 bridgehead atoms. The summed E-state index contributed by atoms with van der Waals surface area (Å²) in [6.07, 6.45) is 0. The molecule has 0 radical (unpaired) electrons. The van der Waals surface area contributed by atoms with Gasteiger partial charge in [0.25, 0.3) is 0 Å². The van der Waals surface area contributed by atoms with Crippen molar-refractivity contribution in [1.29, 1.82) is 0 Å². The van der Waals surface area contributed by atoms with Crippen molar-refractivity contribution in [3.8, 4) is 5.75 Å². The molecule has 0 spiro atoms. The number of hydrogen-bond acceptors (Lipinski definition) is 6. The second kappa shape index (κ2) is 6.67. The van der Waals surface area contributed by atoms with Crippen molar-refractivity contribution in [3.05, 3.63) is 35.7 Å². The molecule has 0 saturated carbocycles. The highest BCUT2D eigenvalue weighted by atomic mass is 32.1. The first-order chi connectivity index (χ1) is 9.65. The molecule has 0 N–H and O–H groups in total. The van der Waals surface area contributed by atoms with Crippen molar-refractivity contribution >= 4 is 16.7 Å². The summed E-state index contributed by atoms with van der Waals surface area (Å²) in [7, 11) is 5.33. The zero-order valence-corrected chi connectivity index (χ0v) is 13.0. The summed E-state index contributed by atoms with van der Waals surface area (Å²) < 4.78 is 14.5. The first kappa shape index (κ1) is 14.7. The highest BCUT2D eigenvalue weighted by Crippen LogP contribution is 2.27. The average Bonchev–Trinajstić information content (AvgIpc) is 2.95. The second-order valence-electron chi connectivity index (χ2n) is 4.49. The molecule has 0 saturated heterocycles. The predicted octanol–water partition coefficient (Wildman–Crippen LogP) is 2.89. The Morgan fingerprint density at radius 1 is 1.25 bits per heavy atom. The van der Waals surface area contributed by atoms with Gasteiger partial charge in [-0.3, -0.25) is 0 Å². The SMILES string of the molecule is COCc1nsc(N(C)C(C)c2ccc(OC)cc2)n1. The first-order valence-corrected chi connectivity index (χ1v) is 7.11. The second-order valence-corrected chi connectivity index (χ2v) is 5.22. The Labute approximate surface area is 123 Å². The van der Waals surface area contributed by atoms with Crippen LogP contribution >= 0.6 is 11.5 Å². The fourth-order valence-electron chi connectivity index (χ4n) is 1.85. The number of nitrogens with zero attached hydrogens (tertiary/aromatic N) is 3. The minimum atomic E-state index is 0.212. The van der Waals surface area contributed by atoms with Crippen LogP contribution in [0.25, 0.3) is 0 Å². The Morgan fingerprint density at radius 3 is 2.55 bits per heavy atom. The largest absolute Gasteiger partial charge is 0.497 e. The molecule has 20 heavy (non-hydrogen) atoms. The predicted molar refractivity (Wildman–Crippen MR) is 80.4 cm³/mol. The van der Waals surface area contributed by atoms with Gasteiger partial charge in [0.15, 0.2) is 5.82 Å². The Balaban J connectivity index is 2.11. The number of aromatic nitrogens is 2. The maximum absolute atomic E-state index is 5.18. The number of anilines is 1. The van der Waals surface area contributed by atoms with Gasteiger partial charge in [-0.05, 0) is 24.6 Å². The van der Waals surface area contributed by atoms with Crippen LogP contribution in [0.4, 0.5) is 5.13 Å². The van der Waals surface area contributed by atoms with Gasteiger partial charge in [-0.1, -0.05) is 12.1 Å². The van der Waals surface area contributed by atoms with E-state index in [0.717, 1.165) is 16.7 Å². The molecular weight excluding hydrogens is 274 g/mol. The highest BCUT2D eigenvalue weighted by molar-refractivity contribution is 7.09. The molecule has 1 atom stereocenters. The Bertz CT molecular complexity index is 542. The smallest absolute Gasteiger partial charge is 0.205 e. The van der Waals surface area contributed by atoms with Crippen LogP contribution in [0.5, 0.6) is 5.75 Å². The van der Waals surface area contributed by atoms with Crippen LogP contribution in [0.15, 0.2) is 24.3 Å². The Hall–Kier alpha value is -1.66. The summed E-state index contributed by atoms with van der Waals surface area (Å²) >= 11 is 1.39. The summed E-state index contributed by atoms with van der Waals surface area (Å²) in [5.41, 5.74) is 1.21. The molecule has 2 rings (SSSR count). The third kappa shape index (κ3) is 3.26. The van der Waals surface area contributed by atoms with E-state index in [1.165, 1.54) is 17.1 Å². The lowest BCUT2D eigenvalue weighted by Crippen LogP contribution is -2.21. The molecule has 1 aromatic heterocycles. The zero-order valence-electron chi connectivity index (χ0n) is 12.2. The molecule has 0 aliphatic carbocycles. The molecule has 1 aromatic carbocycles. The van der Waals surface area contributed by atoms with Crippen LogP contribution < -0.4 is 9.64 Å². The molecule has 0 aliphatic heterocycles. The minimum Gasteiger partial charge on any atom is -0.497 e. The maximum atomic E-state index is 5.18. The summed E-state index contributed by atoms with van der Waals surface area (Å²) in [6.45, 7) is 2.58. The lowest BCUT2D eigenvalue weighted by Gasteiger charge is -2.24. The fourth-order valence-corrected chi connectivity index (χ4v) is 2.56. The number of benzene rings is 1. The lowest BCUT2D eigenvalue weighted by molar-refractivity contribution is 0.179. The maximum Gasteiger partial charge on any atom is 0.205 e. The molecule has 0 fully saturated rings. The first-order valence-electron chi connectivity index (χ1n) is 6.34. The minimum absolute atomic E-state index is 0.212. The Morgan fingerprint density at radius 2 is 1.95 bits per heavy atom. The van der Waals surface area contributed by atoms with Crippen molar-refractivity contribution in [2.75, 3.05) is 26.2 Å². The number of ether oxygens (including phenoxy) is 2. The number of methoxy groups -OCH3 is 2. The van der Waals surface area contributed by atoms with Crippen LogP contribution in [0, 0.1) is 0 Å². The van der Waals surface area contributed by atoms with Crippen molar-refractivity contribution in [1.82, 2.24) is 9.36 Å². The van der Waals surface area contributed by atoms with Gasteiger partial charge in [0.2, 0.25) is 5.13 Å². The summed E-state index contributed by atoms with van der Waals surface area (Å²) in [5, 5.41) is 0.889. The molecule has 2 aromatic rings. The van der Waals surface area contributed by atoms with E-state index < -0.39 is 0 Å². The van der Waals surface area contributed by atoms with E-state index in [-0.39, 0.29) is 6.04 Å². The monoisotopic (exact) mass is 293 g/mol. The van der Waals surface area contributed by atoms with Gasteiger partial charge in [0, 0.05) is 25.7 Å². The number of hydrogen-bond donors (Lipinski definition) is 0. The quantitative estimate of drug-likeness (QED) is 0.819. The lowest BCUT2D eigenvalue weighted by atomic mass is 10.1. The van der Waals surface area contributed by atoms with Crippen molar-refractivity contribution in [3.63, 3.8) is 0 Å². The molecule has 6 heteroatoms. The van der Waals surface area contributed by atoms with Gasteiger partial charge in [-0.2, -0.15) is 4.37 Å². The molecule has 0 amide bonds. The molecule has 1 unspecified atom stereocenters. The number of rotatable bonds is 6. The van der Waals surface area contributed by atoms with Gasteiger partial charge < -0.3 is 14.4 Å². The third-order valence-electron chi connectivity index (χ3n) is 3.21. The normalized spacial score (nSPS) is 12.2. The van der Waals surface area contributed by atoms with Crippen molar-refractivity contribution in [2.45, 2.75) is 19.6 Å². The average molecular weight is 293 g/mol. The van der Waals surface area contributed by atoms with E-state index in [4.69, 9.17) is 9.47 Å². The zero-order chi connectivity index (χ0) is 14.5. The van der Waals surface area contributed by atoms with Crippen molar-refractivity contribution in [2.24, 2.45) is 0 Å². The molecule has 0 aliphatic rings. The molecule has 108 valence electrons. The molecular formula is C14H19N3O2S. The topological polar surface area (TPSA) is 47.5 Å². The summed E-state index contributed by atoms with van der Waals surface area (Å²) in [5.74, 6) is 1.59. The van der Waals surface area contributed by atoms with Crippen LogP contribution in [-0.2, 0) is 11.3 Å². The summed E-state index contributed by atoms with van der Waals surface area (Å²) in [6, 6.07) is 8.28. The molecule has 1 heterocycles. The van der Waals surface area contributed by atoms with E-state index in [1.807, 2.05) is 19.2 Å². The van der Waals surface area contributed by atoms with E-state index in [2.05, 4.69) is 33.3 Å². The van der Waals surface area contributed by atoms with E-state index in [9.17, 15) is 0 Å². The highest BCUT2D eigenvalue weighted by Gasteiger charge is 2.16. The third-order valence-corrected chi connectivity index (χ3v) is 4.06. The van der Waals surface area contributed by atoms with Gasteiger partial charge in [0.05, 0.1) is 13.2 Å². The fraction of sp³-hybridized carbons (Fsp3) is 0.429. The van der Waals surface area contributed by atoms with Gasteiger partial charge in [-0.25, -0.2) is 4.98 Å². The van der Waals surface area contributed by atoms with Crippen LogP contribution in [-0.4, -0.2) is 30.6 Å². The van der Waals surface area contributed by atoms with Crippen LogP contribution in [0.1, 0.15) is 24.4 Å². The van der Waals surface area contributed by atoms with Crippen LogP contribution in [0.2, 0.25) is 0 Å². The van der Waals surface area contributed by atoms with Gasteiger partial charge in [0.1, 0.15) is 12.4 Å². The van der Waals surface area contributed by atoms with E-state index in [0.29, 0.717) is 6.61 Å². The van der Waals surface area contributed by atoms with E-state index >= 15 is 0 Å². The van der Waals surface area contributed by atoms with Crippen LogP contribution in [0.3, 0.4) is 0 Å². The van der Waals surface area contributed by atoms with Crippen molar-refractivity contribution < 1.29 is 9.47 Å². The standard InChI is InChI=1S/C14H19N3O2S/c1-10(11-5-7-12(19-4)8-6-11)17(2)14-15-13(9-18-3)16-20-14/h5-8,10H,9H2,1-4H3. The van der Waals surface area contributed by atoms with E-state index in [1.54, 1.807) is 14.2 Å².